The molecule has 1 saturated heterocycles. The zero-order chi connectivity index (χ0) is 13.4. The molecule has 7 nitrogen and oxygen atoms in total. The van der Waals surface area contributed by atoms with Crippen LogP contribution in [0, 0.1) is 0 Å². The van der Waals surface area contributed by atoms with E-state index >= 15 is 0 Å². The molecule has 1 aliphatic rings. The molecule has 7 heteroatoms. The number of hydrogen-bond acceptors (Lipinski definition) is 4. The summed E-state index contributed by atoms with van der Waals surface area (Å²) in [6.07, 6.45) is 0.842. The largest absolute Gasteiger partial charge is 0.480 e. The summed E-state index contributed by atoms with van der Waals surface area (Å²) in [6.45, 7) is 6.28. The Bertz CT molecular complexity index is 279. The third-order valence-electron chi connectivity index (χ3n) is 2.76. The van der Waals surface area contributed by atoms with Gasteiger partial charge < -0.3 is 20.5 Å². The second-order valence-corrected chi connectivity index (χ2v) is 4.27. The molecule has 0 aromatic rings. The minimum atomic E-state index is -1.04. The highest BCUT2D eigenvalue weighted by Gasteiger charge is 2.13. The van der Waals surface area contributed by atoms with Crippen LogP contribution in [0.2, 0.25) is 0 Å². The van der Waals surface area contributed by atoms with Crippen molar-refractivity contribution >= 4 is 12.0 Å². The quantitative estimate of drug-likeness (QED) is 0.558. The van der Waals surface area contributed by atoms with E-state index in [1.165, 1.54) is 6.92 Å². The number of morpholine rings is 1. The van der Waals surface area contributed by atoms with E-state index < -0.39 is 18.0 Å². The molecule has 1 atom stereocenters. The summed E-state index contributed by atoms with van der Waals surface area (Å²) in [4.78, 5) is 24.1. The predicted octanol–water partition coefficient (Wildman–Crippen LogP) is -0.519. The Hall–Kier alpha value is -1.34. The molecule has 0 radical (unpaired) electrons. The first-order valence-electron chi connectivity index (χ1n) is 6.17. The second kappa shape index (κ2) is 7.88. The lowest BCUT2D eigenvalue weighted by Crippen LogP contribution is -2.45. The van der Waals surface area contributed by atoms with E-state index in [1.54, 1.807) is 0 Å². The maximum Gasteiger partial charge on any atom is 0.325 e. The summed E-state index contributed by atoms with van der Waals surface area (Å²) in [6, 6.07) is -1.31. The van der Waals surface area contributed by atoms with Gasteiger partial charge in [-0.25, -0.2) is 4.79 Å². The SMILES string of the molecule is C[C@H](NC(=O)NCCCN1CCOCC1)C(=O)O. The van der Waals surface area contributed by atoms with Crippen LogP contribution >= 0.6 is 0 Å². The minimum absolute atomic E-state index is 0.438. The van der Waals surface area contributed by atoms with Gasteiger partial charge in [-0.1, -0.05) is 0 Å². The average molecular weight is 259 g/mol. The Morgan fingerprint density at radius 3 is 2.67 bits per heavy atom. The second-order valence-electron chi connectivity index (χ2n) is 4.27. The van der Waals surface area contributed by atoms with Crippen molar-refractivity contribution in [1.82, 2.24) is 15.5 Å². The van der Waals surface area contributed by atoms with E-state index in [0.717, 1.165) is 39.3 Å². The number of rotatable bonds is 6. The highest BCUT2D eigenvalue weighted by atomic mass is 16.5. The van der Waals surface area contributed by atoms with Gasteiger partial charge in [-0.3, -0.25) is 9.69 Å². The molecule has 1 rings (SSSR count). The van der Waals surface area contributed by atoms with E-state index in [1.807, 2.05) is 0 Å². The molecule has 104 valence electrons. The van der Waals surface area contributed by atoms with Gasteiger partial charge in [0.05, 0.1) is 13.2 Å². The fraction of sp³-hybridized carbons (Fsp3) is 0.818. The van der Waals surface area contributed by atoms with Crippen LogP contribution in [0.25, 0.3) is 0 Å². The molecule has 1 fully saturated rings. The monoisotopic (exact) mass is 259 g/mol. The Morgan fingerprint density at radius 1 is 1.39 bits per heavy atom. The Kier molecular flexibility index (Phi) is 6.45. The molecular weight excluding hydrogens is 238 g/mol. The lowest BCUT2D eigenvalue weighted by Gasteiger charge is -2.26. The van der Waals surface area contributed by atoms with Gasteiger partial charge in [0.25, 0.3) is 0 Å². The fourth-order valence-electron chi connectivity index (χ4n) is 1.64. The average Bonchev–Trinajstić information content (AvgIpc) is 2.35. The molecule has 0 aromatic carbocycles. The van der Waals surface area contributed by atoms with Crippen molar-refractivity contribution in [3.05, 3.63) is 0 Å². The molecule has 1 aliphatic heterocycles. The van der Waals surface area contributed by atoms with Crippen LogP contribution in [-0.4, -0.2) is 67.4 Å². The lowest BCUT2D eigenvalue weighted by molar-refractivity contribution is -0.138. The molecule has 0 bridgehead atoms. The zero-order valence-electron chi connectivity index (χ0n) is 10.6. The molecule has 1 heterocycles. The topological polar surface area (TPSA) is 90.9 Å². The maximum atomic E-state index is 11.3. The molecule has 3 N–H and O–H groups in total. The van der Waals surface area contributed by atoms with E-state index in [4.69, 9.17) is 9.84 Å². The first-order valence-corrected chi connectivity index (χ1v) is 6.17. The van der Waals surface area contributed by atoms with Crippen LogP contribution in [0.3, 0.4) is 0 Å². The molecule has 0 unspecified atom stereocenters. The number of carboxylic acids is 1. The van der Waals surface area contributed by atoms with Crippen molar-refractivity contribution in [3.8, 4) is 0 Å². The van der Waals surface area contributed by atoms with Crippen LogP contribution in [0.4, 0.5) is 4.79 Å². The first kappa shape index (κ1) is 14.7. The zero-order valence-corrected chi connectivity index (χ0v) is 10.6. The van der Waals surface area contributed by atoms with Crippen LogP contribution < -0.4 is 10.6 Å². The Morgan fingerprint density at radius 2 is 2.06 bits per heavy atom. The van der Waals surface area contributed by atoms with Gasteiger partial charge in [0.15, 0.2) is 0 Å². The third kappa shape index (κ3) is 5.83. The molecule has 0 saturated carbocycles. The molecule has 0 aromatic heterocycles. The number of carbonyl (C=O) groups is 2. The van der Waals surface area contributed by atoms with Gasteiger partial charge in [0, 0.05) is 19.6 Å². The third-order valence-corrected chi connectivity index (χ3v) is 2.76. The van der Waals surface area contributed by atoms with Crippen LogP contribution in [0.15, 0.2) is 0 Å². The van der Waals surface area contributed by atoms with Crippen molar-refractivity contribution in [1.29, 1.82) is 0 Å². The Balaban J connectivity index is 2.03. The summed E-state index contributed by atoms with van der Waals surface area (Å²) in [7, 11) is 0. The fourth-order valence-corrected chi connectivity index (χ4v) is 1.64. The van der Waals surface area contributed by atoms with Crippen molar-refractivity contribution in [3.63, 3.8) is 0 Å². The van der Waals surface area contributed by atoms with Crippen LogP contribution in [0.5, 0.6) is 0 Å². The summed E-state index contributed by atoms with van der Waals surface area (Å²) in [5.41, 5.74) is 0. The van der Waals surface area contributed by atoms with Crippen molar-refractivity contribution in [2.75, 3.05) is 39.4 Å². The number of hydrogen-bond donors (Lipinski definition) is 3. The number of nitrogens with zero attached hydrogens (tertiary/aromatic N) is 1. The number of carbonyl (C=O) groups excluding carboxylic acids is 1. The van der Waals surface area contributed by atoms with Crippen molar-refractivity contribution in [2.24, 2.45) is 0 Å². The van der Waals surface area contributed by atoms with Crippen LogP contribution in [0.1, 0.15) is 13.3 Å². The number of urea groups is 1. The van der Waals surface area contributed by atoms with Gasteiger partial charge in [-0.05, 0) is 19.9 Å². The number of ether oxygens (including phenoxy) is 1. The molecule has 0 spiro atoms. The molecule has 0 aliphatic carbocycles. The van der Waals surface area contributed by atoms with E-state index in [9.17, 15) is 9.59 Å². The van der Waals surface area contributed by atoms with E-state index in [2.05, 4.69) is 15.5 Å². The number of amides is 2. The first-order chi connectivity index (χ1) is 8.59. The molecule has 2 amide bonds. The lowest BCUT2D eigenvalue weighted by atomic mass is 10.3. The molecule has 18 heavy (non-hydrogen) atoms. The Labute approximate surface area is 106 Å². The molecular formula is C11H21N3O4. The standard InChI is InChI=1S/C11H21N3O4/c1-9(10(15)16)13-11(17)12-3-2-4-14-5-7-18-8-6-14/h9H,2-8H2,1H3,(H,15,16)(H2,12,13,17)/t9-/m0/s1. The van der Waals surface area contributed by atoms with E-state index in [-0.39, 0.29) is 0 Å². The van der Waals surface area contributed by atoms with Crippen molar-refractivity contribution in [2.45, 2.75) is 19.4 Å². The van der Waals surface area contributed by atoms with E-state index in [0.29, 0.717) is 6.54 Å². The normalized spacial score (nSPS) is 18.1. The van der Waals surface area contributed by atoms with Gasteiger partial charge in [0.2, 0.25) is 0 Å². The van der Waals surface area contributed by atoms with Crippen molar-refractivity contribution < 1.29 is 19.4 Å². The summed E-state index contributed by atoms with van der Waals surface area (Å²) in [5.74, 6) is -1.04. The highest BCUT2D eigenvalue weighted by molar-refractivity contribution is 5.82. The maximum absolute atomic E-state index is 11.3. The van der Waals surface area contributed by atoms with Crippen LogP contribution in [-0.2, 0) is 9.53 Å². The van der Waals surface area contributed by atoms with Gasteiger partial charge in [0.1, 0.15) is 6.04 Å². The number of nitrogens with one attached hydrogen (secondary N) is 2. The summed E-state index contributed by atoms with van der Waals surface area (Å²) in [5, 5.41) is 13.6. The van der Waals surface area contributed by atoms with Gasteiger partial charge >= 0.3 is 12.0 Å². The van der Waals surface area contributed by atoms with Gasteiger partial charge in [-0.2, -0.15) is 0 Å². The van der Waals surface area contributed by atoms with Gasteiger partial charge in [-0.15, -0.1) is 0 Å². The smallest absolute Gasteiger partial charge is 0.325 e. The summed E-state index contributed by atoms with van der Waals surface area (Å²) >= 11 is 0. The highest BCUT2D eigenvalue weighted by Crippen LogP contribution is 1.97. The predicted molar refractivity (Wildman–Crippen MR) is 65.5 cm³/mol. The summed E-state index contributed by atoms with van der Waals surface area (Å²) < 4.78 is 5.23. The minimum Gasteiger partial charge on any atom is -0.480 e. The number of carboxylic acid groups (broad SMARTS) is 1. The number of aliphatic carboxylic acids is 1.